The number of likely N-dealkylation sites (tertiary alicyclic amines) is 10. The zero-order valence-corrected chi connectivity index (χ0v) is 88.0. The zero-order chi connectivity index (χ0) is 96.0. The van der Waals surface area contributed by atoms with Crippen molar-refractivity contribution in [2.75, 3.05) is 155 Å². The fourth-order valence-corrected chi connectivity index (χ4v) is 38.0. The topological polar surface area (TPSA) is 246 Å². The number of nitrogens with one attached hydrogen (secondary N) is 2. The van der Waals surface area contributed by atoms with Crippen LogP contribution in [0, 0.1) is 112 Å². The van der Waals surface area contributed by atoms with Gasteiger partial charge in [0.2, 0.25) is 0 Å². The van der Waals surface area contributed by atoms with E-state index in [9.17, 15) is 47.9 Å². The van der Waals surface area contributed by atoms with Crippen molar-refractivity contribution >= 4 is 81.4 Å². The Morgan fingerprint density at radius 3 is 1.22 bits per heavy atom. The van der Waals surface area contributed by atoms with Crippen LogP contribution in [-0.2, 0) is 57.4 Å². The monoisotopic (exact) mass is 1900 g/mol. The van der Waals surface area contributed by atoms with Crippen LogP contribution < -0.4 is 10.6 Å². The second kappa shape index (κ2) is 45.8. The molecule has 38 unspecified atom stereocenters. The van der Waals surface area contributed by atoms with Crippen molar-refractivity contribution in [2.45, 2.75) is 355 Å². The first kappa shape index (κ1) is 105. The number of Topliss-reactive ketones (excluding diaryl/α,β-unsaturated/α-hetero) is 10. The van der Waals surface area contributed by atoms with Crippen LogP contribution in [0.3, 0.4) is 0 Å². The smallest absolute Gasteiger partial charge is 0.149 e. The Morgan fingerprint density at radius 2 is 0.672 bits per heavy atom. The summed E-state index contributed by atoms with van der Waals surface area (Å²) in [6.45, 7) is 30.4. The number of ether oxygens (including phenoxy) is 2. The molecule has 24 rings (SSSR count). The van der Waals surface area contributed by atoms with Crippen LogP contribution in [0.4, 0.5) is 0 Å². The quantitative estimate of drug-likeness (QED) is 0.206. The van der Waals surface area contributed by atoms with E-state index in [4.69, 9.17) is 9.47 Å². The number of hydrogen-bond donors (Lipinski definition) is 2. The number of piperidine rings is 1. The van der Waals surface area contributed by atoms with Crippen LogP contribution in [0.15, 0.2) is 0 Å². The van der Waals surface area contributed by atoms with Gasteiger partial charge < -0.3 is 20.1 Å². The number of thioether (sulfide) groups is 2. The van der Waals surface area contributed by atoms with Crippen molar-refractivity contribution in [3.63, 3.8) is 0 Å². The minimum Gasteiger partial charge on any atom is -0.376 e. The van der Waals surface area contributed by atoms with E-state index >= 15 is 0 Å². The van der Waals surface area contributed by atoms with E-state index in [0.717, 1.165) is 148 Å². The molecule has 756 valence electrons. The highest BCUT2D eigenvalue weighted by Gasteiger charge is 2.62. The van der Waals surface area contributed by atoms with Crippen LogP contribution in [0.25, 0.3) is 0 Å². The average molecular weight is 1900 g/mol. The van der Waals surface area contributed by atoms with Gasteiger partial charge in [-0.25, -0.2) is 0 Å². The molecule has 0 amide bonds. The van der Waals surface area contributed by atoms with Gasteiger partial charge in [0.25, 0.3) is 0 Å². The molecule has 0 aromatic heterocycles. The van der Waals surface area contributed by atoms with Crippen molar-refractivity contribution in [1.82, 2.24) is 59.6 Å². The van der Waals surface area contributed by atoms with Gasteiger partial charge in [0.05, 0.1) is 78.7 Å². The minimum atomic E-state index is 0.0188. The molecule has 19 saturated heterocycles. The summed E-state index contributed by atoms with van der Waals surface area (Å²) in [7, 11) is 20.9. The Balaban J connectivity index is 0.000000114. The standard InChI is InChI=1S/C12H19NO.C11H18N2O.C11H17NO2.C11H17NOS.3C11H19NO.C10H18N2O.C10H17NO2.C10H17NOS/c1-7(14)12-11-9-4-3-8(5-9)10(11)6-13(12)2;1-6(14)11-10-7(5-13(11)2)8-3-4-9(10)12-8;2*1-6(13)11-10-7(5-12(11)2)8-3-4-9(10)14-8;3*1-8(13)11-10-6-4-3-5-9(10)7-12(11)2;1-7(13)10-9-8(6-12(10)2)4-3-5-11-9;2*1-7(12)9-10-8(6-11(9)2)4-3-5-13-10/h8-12H,3-6H2,1-2H3;7-12H,3-5H2,1-2H3;2*7-11H,3-5H2,1-2H3;3*9-11H,3-7H2,1-2H3;8-11H,3-6H2,1-2H3;2*8-10H,3-6H2,1-2H3. The van der Waals surface area contributed by atoms with E-state index in [2.05, 4.69) is 135 Å². The molecule has 2 N–H and O–H groups in total. The zero-order valence-electron chi connectivity index (χ0n) is 86.4. The predicted octanol–water partition coefficient (Wildman–Crippen LogP) is 11.3. The third-order valence-electron chi connectivity index (χ3n) is 39.0. The maximum Gasteiger partial charge on any atom is 0.149 e. The van der Waals surface area contributed by atoms with Crippen molar-refractivity contribution in [3.05, 3.63) is 0 Å². The van der Waals surface area contributed by atoms with E-state index in [1.165, 1.54) is 179 Å². The van der Waals surface area contributed by atoms with E-state index in [0.29, 0.717) is 141 Å². The summed E-state index contributed by atoms with van der Waals surface area (Å²) < 4.78 is 11.6. The molecular weight excluding hydrogens is 1720 g/mol. The molecule has 24 nitrogen and oxygen atoms in total. The molecule has 134 heavy (non-hydrogen) atoms. The molecule has 5 saturated carbocycles. The van der Waals surface area contributed by atoms with E-state index in [1.54, 1.807) is 69.2 Å². The highest BCUT2D eigenvalue weighted by Crippen LogP contribution is 2.60. The Labute approximate surface area is 815 Å². The molecule has 19 aliphatic heterocycles. The number of carbonyl (C=O) groups excluding carboxylic acids is 10. The first-order valence-corrected chi connectivity index (χ1v) is 56.0. The molecule has 19 heterocycles. The first-order chi connectivity index (χ1) is 63.9. The summed E-state index contributed by atoms with van der Waals surface area (Å²) in [6.07, 6.45) is 36.6. The molecule has 38 atom stereocenters. The Morgan fingerprint density at radius 1 is 0.276 bits per heavy atom. The van der Waals surface area contributed by atoms with Crippen molar-refractivity contribution < 1.29 is 57.4 Å². The third-order valence-corrected chi connectivity index (χ3v) is 42.4. The van der Waals surface area contributed by atoms with Gasteiger partial charge in [0.1, 0.15) is 57.8 Å². The van der Waals surface area contributed by atoms with Crippen molar-refractivity contribution in [1.29, 1.82) is 0 Å². The number of carbonyl (C=O) groups is 10. The number of fused-ring (bicyclic) bond motifs is 26. The summed E-state index contributed by atoms with van der Waals surface area (Å²) in [5.41, 5.74) is 0. The van der Waals surface area contributed by atoms with Crippen molar-refractivity contribution in [2.24, 2.45) is 112 Å². The summed E-state index contributed by atoms with van der Waals surface area (Å²) >= 11 is 4.18. The molecule has 24 aliphatic rings. The van der Waals surface area contributed by atoms with Crippen LogP contribution >= 0.6 is 23.5 Å². The number of ketones is 10. The molecule has 0 radical (unpaired) electrons. The fourth-order valence-electron chi connectivity index (χ4n) is 34.3. The van der Waals surface area contributed by atoms with Gasteiger partial charge in [0.15, 0.2) is 0 Å². The maximum atomic E-state index is 11.6. The number of hydrogen-bond acceptors (Lipinski definition) is 26. The molecule has 0 aromatic carbocycles. The lowest BCUT2D eigenvalue weighted by Crippen LogP contribution is -2.49. The second-order valence-corrected chi connectivity index (χ2v) is 50.5. The summed E-state index contributed by atoms with van der Waals surface area (Å²) in [4.78, 5) is 138. The SMILES string of the molecule is CC(=O)C1C2C3CCC(C3)C2CN1C.CC(=O)C1C2C3CCC(N3)C2CN1C.CC(=O)C1C2C3CCC(O3)C2CN1C.CC(=O)C1C2C3CCC(S3)C2CN1C.CC(=O)C1C2CCCCC2CN1C.CC(=O)C1C2CCCCC2CN1C.CC(=O)C1C2CCCCC2CN1C.CC(=O)C1C2NCCCC2CN1C.CC(=O)C1C2OCCCC2CN1C.CC(=O)C1C2SCCCC2CN1C. The van der Waals surface area contributed by atoms with Gasteiger partial charge in [-0.2, -0.15) is 23.5 Å². The summed E-state index contributed by atoms with van der Waals surface area (Å²) in [5, 5.41) is 9.40. The molecule has 8 bridgehead atoms. The Bertz CT molecular complexity index is 3490. The molecule has 26 heteroatoms. The van der Waals surface area contributed by atoms with Crippen LogP contribution in [-0.4, -0.2) is 374 Å². The highest BCUT2D eigenvalue weighted by atomic mass is 32.2. The lowest BCUT2D eigenvalue weighted by Gasteiger charge is -2.29. The number of likely N-dealkylation sites (N-methyl/N-ethyl adjacent to an activating group) is 10. The largest absolute Gasteiger partial charge is 0.376 e. The van der Waals surface area contributed by atoms with Crippen LogP contribution in [0.5, 0.6) is 0 Å². The maximum absolute atomic E-state index is 11.6. The Hall–Kier alpha value is -3.16. The lowest BCUT2D eigenvalue weighted by molar-refractivity contribution is -0.126. The van der Waals surface area contributed by atoms with Crippen LogP contribution in [0.1, 0.15) is 243 Å². The predicted molar refractivity (Wildman–Crippen MR) is 534 cm³/mol. The van der Waals surface area contributed by atoms with Crippen molar-refractivity contribution in [3.8, 4) is 0 Å². The number of rotatable bonds is 10. The summed E-state index contributed by atoms with van der Waals surface area (Å²) in [6, 6.07) is 3.67. The molecule has 24 fully saturated rings. The van der Waals surface area contributed by atoms with E-state index < -0.39 is 0 Å². The molecule has 0 aromatic rings. The minimum absolute atomic E-state index is 0.0188. The molecule has 5 aliphatic carbocycles. The van der Waals surface area contributed by atoms with Gasteiger partial charge in [-0.05, 0) is 382 Å². The van der Waals surface area contributed by atoms with Gasteiger partial charge in [-0.15, -0.1) is 0 Å². The van der Waals surface area contributed by atoms with Gasteiger partial charge in [-0.1, -0.05) is 38.5 Å². The van der Waals surface area contributed by atoms with E-state index in [-0.39, 0.29) is 72.3 Å². The third kappa shape index (κ3) is 22.4. The fraction of sp³-hybridized carbons (Fsp3) is 0.907. The number of nitrogens with zero attached hydrogens (tertiary/aromatic N) is 10. The normalized spacial score (nSPS) is 44.8. The van der Waals surface area contributed by atoms with E-state index in [1.807, 2.05) is 18.8 Å². The molecular formula is C108H180N12O12S2. The average Bonchev–Trinajstić information content (AvgIpc) is 1.59. The van der Waals surface area contributed by atoms with Gasteiger partial charge in [-0.3, -0.25) is 96.9 Å². The lowest BCUT2D eigenvalue weighted by atomic mass is 9.77. The van der Waals surface area contributed by atoms with Gasteiger partial charge >= 0.3 is 0 Å². The first-order valence-electron chi connectivity index (χ1n) is 54.0. The Kier molecular flexibility index (Phi) is 36.0. The second-order valence-electron chi connectivity index (χ2n) is 47.8. The summed E-state index contributed by atoms with van der Waals surface area (Å²) in [5.74, 6) is 18.6. The highest BCUT2D eigenvalue weighted by molar-refractivity contribution is 8.01. The van der Waals surface area contributed by atoms with Crippen LogP contribution in [0.2, 0.25) is 0 Å². The van der Waals surface area contributed by atoms with Gasteiger partial charge in [0, 0.05) is 124 Å². The molecule has 0 spiro atoms.